The number of carbonyl (C=O) groups excluding carboxylic acids is 4. The normalized spacial score (nSPS) is 12.1. The fraction of sp³-hybridized carbons (Fsp3) is 0.405. The van der Waals surface area contributed by atoms with Crippen LogP contribution in [0.5, 0.6) is 0 Å². The number of anilines is 4. The third kappa shape index (κ3) is 17.3. The maximum Gasteiger partial charge on any atom is 0.251 e. The molecule has 12 rings (SSSR count). The predicted molar refractivity (Wildman–Crippen MR) is 389 cm³/mol. The highest BCUT2D eigenvalue weighted by Crippen LogP contribution is 2.34. The molecule has 8 aromatic heterocycles. The molecular weight excluding hydrogens is 1300 g/mol. The van der Waals surface area contributed by atoms with Gasteiger partial charge >= 0.3 is 0 Å². The maximum atomic E-state index is 13.5. The summed E-state index contributed by atoms with van der Waals surface area (Å²) in [4.78, 5) is 91.5. The summed E-state index contributed by atoms with van der Waals surface area (Å²) in [7, 11) is 0. The Balaban J connectivity index is 0.698. The highest BCUT2D eigenvalue weighted by Gasteiger charge is 2.33. The van der Waals surface area contributed by atoms with Crippen LogP contribution in [-0.2, 0) is 83.3 Å². The Bertz CT molecular complexity index is 4540. The molecule has 0 aliphatic carbocycles. The molecule has 0 aliphatic heterocycles. The number of rotatable bonds is 40. The Hall–Kier alpha value is -10.0. The van der Waals surface area contributed by atoms with Crippen molar-refractivity contribution < 1.29 is 57.1 Å². The fourth-order valence-corrected chi connectivity index (χ4v) is 12.5. The van der Waals surface area contributed by atoms with E-state index >= 15 is 0 Å². The predicted octanol–water partition coefficient (Wildman–Crippen LogP) is 10.1. The van der Waals surface area contributed by atoms with Gasteiger partial charge in [0, 0.05) is 47.7 Å². The van der Waals surface area contributed by atoms with E-state index in [4.69, 9.17) is 57.8 Å². The monoisotopic (exact) mass is 1390 g/mol. The van der Waals surface area contributed by atoms with Crippen LogP contribution in [0.4, 0.5) is 23.3 Å². The molecule has 12 aromatic rings. The van der Waals surface area contributed by atoms with Crippen LogP contribution in [0.2, 0.25) is 0 Å². The van der Waals surface area contributed by atoms with E-state index in [9.17, 15) is 19.2 Å². The largest absolute Gasteiger partial charge is 0.378 e. The molecule has 0 unspecified atom stereocenters. The summed E-state index contributed by atoms with van der Waals surface area (Å²) in [6.07, 6.45) is 9.75. The molecule has 102 heavy (non-hydrogen) atoms. The lowest BCUT2D eigenvalue weighted by Gasteiger charge is -2.33. The van der Waals surface area contributed by atoms with E-state index in [1.165, 1.54) is 0 Å². The van der Waals surface area contributed by atoms with Gasteiger partial charge in [0.1, 0.15) is 48.5 Å². The number of imidazole rings is 4. The molecular formula is C74H86N16O12. The highest BCUT2D eigenvalue weighted by molar-refractivity contribution is 6.13. The summed E-state index contributed by atoms with van der Waals surface area (Å²) in [6.45, 7) is 12.6. The van der Waals surface area contributed by atoms with E-state index in [0.717, 1.165) is 111 Å². The van der Waals surface area contributed by atoms with Crippen LogP contribution in [0.25, 0.3) is 87.7 Å². The molecule has 0 fully saturated rings. The van der Waals surface area contributed by atoms with Gasteiger partial charge in [0.15, 0.2) is 23.3 Å². The summed E-state index contributed by atoms with van der Waals surface area (Å²) >= 11 is 0. The molecule has 28 heteroatoms. The van der Waals surface area contributed by atoms with Crippen molar-refractivity contribution in [3.05, 3.63) is 122 Å². The van der Waals surface area contributed by atoms with Crippen molar-refractivity contribution in [1.29, 1.82) is 0 Å². The van der Waals surface area contributed by atoms with Gasteiger partial charge in [-0.2, -0.15) is 0 Å². The number of pyridine rings is 4. The molecule has 0 saturated carbocycles. The summed E-state index contributed by atoms with van der Waals surface area (Å²) < 4.78 is 57.1. The van der Waals surface area contributed by atoms with Crippen molar-refractivity contribution >= 4 is 135 Å². The lowest BCUT2D eigenvalue weighted by molar-refractivity contribution is -0.129. The molecule has 0 bridgehead atoms. The van der Waals surface area contributed by atoms with Crippen LogP contribution in [0, 0.1) is 11.3 Å². The summed E-state index contributed by atoms with van der Waals surface area (Å²) in [5, 5.41) is 15.4. The van der Waals surface area contributed by atoms with Crippen molar-refractivity contribution in [2.45, 2.75) is 80.1 Å². The minimum Gasteiger partial charge on any atom is -0.378 e. The first-order chi connectivity index (χ1) is 49.9. The first-order valence-corrected chi connectivity index (χ1v) is 34.7. The number of fused-ring (bicyclic) bond motifs is 12. The summed E-state index contributed by atoms with van der Waals surface area (Å²) in [5.74, 6) is -0.00988. The van der Waals surface area contributed by atoms with Gasteiger partial charge in [-0.3, -0.25) is 19.2 Å². The van der Waals surface area contributed by atoms with Crippen LogP contribution in [0.15, 0.2) is 122 Å². The lowest BCUT2D eigenvalue weighted by atomic mass is 9.92. The molecule has 4 N–H and O–H groups in total. The number of amides is 4. The molecule has 8 heterocycles. The van der Waals surface area contributed by atoms with E-state index in [1.807, 2.05) is 97.1 Å². The van der Waals surface area contributed by atoms with Gasteiger partial charge in [0.2, 0.25) is 0 Å². The second kappa shape index (κ2) is 34.6. The fourth-order valence-electron chi connectivity index (χ4n) is 12.5. The van der Waals surface area contributed by atoms with E-state index in [1.54, 1.807) is 25.3 Å². The number of benzene rings is 4. The van der Waals surface area contributed by atoms with Crippen LogP contribution in [0.1, 0.15) is 53.9 Å². The van der Waals surface area contributed by atoms with E-state index in [-0.39, 0.29) is 106 Å². The van der Waals surface area contributed by atoms with Gasteiger partial charge in [-0.1, -0.05) is 107 Å². The van der Waals surface area contributed by atoms with Crippen molar-refractivity contribution in [3.63, 3.8) is 0 Å². The van der Waals surface area contributed by atoms with Gasteiger partial charge in [-0.25, -0.2) is 39.9 Å². The molecule has 534 valence electrons. The second-order valence-corrected chi connectivity index (χ2v) is 25.4. The smallest absolute Gasteiger partial charge is 0.251 e. The van der Waals surface area contributed by atoms with Gasteiger partial charge in [-0.15, -0.1) is 0 Å². The molecule has 0 spiro atoms. The standard InChI is InChI=1S/C74H86N16O12/c1-6-25-87-45-75-62-66(87)50-17-9-13-21-54(50)79-70(62)83-58(91)37-95-28-32-99-41-74(42-100-33-29-96-38-59(92)84-71-63-67(88(26-7-2)46-76-63)51-18-10-14-22-55(51)80-71,43-101-34-30-97-39-60(93)85-72-64-68(89(27-8-3)47-77-64)52-19-11-15-23-56(52)81-72)44-102-35-31-98-40-61(94)86-73-65-69(90(48-78-65)36-49(4)5)53-20-12-16-24-57(53)82-73/h9-24,45-49H,6-8,25-44H2,1-5H3,(H,79,83,91)(H,80,84,92)(H,81,85,93)(H,82,86,94). The van der Waals surface area contributed by atoms with Crippen LogP contribution >= 0.6 is 0 Å². The number of carbonyl (C=O) groups is 4. The van der Waals surface area contributed by atoms with Crippen molar-refractivity contribution in [2.75, 3.05) is 127 Å². The van der Waals surface area contributed by atoms with E-state index in [0.29, 0.717) is 51.3 Å². The third-order valence-corrected chi connectivity index (χ3v) is 16.9. The Labute approximate surface area is 588 Å². The Morgan fingerprint density at radius 2 is 0.608 bits per heavy atom. The zero-order valence-corrected chi connectivity index (χ0v) is 58.2. The van der Waals surface area contributed by atoms with Gasteiger partial charge < -0.3 is 77.4 Å². The summed E-state index contributed by atoms with van der Waals surface area (Å²) in [5.41, 5.74) is 7.69. The molecule has 0 atom stereocenters. The first kappa shape index (κ1) is 71.8. The van der Waals surface area contributed by atoms with Crippen molar-refractivity contribution in [2.24, 2.45) is 11.3 Å². The lowest BCUT2D eigenvalue weighted by Crippen LogP contribution is -2.43. The van der Waals surface area contributed by atoms with Gasteiger partial charge in [0.25, 0.3) is 23.6 Å². The number of ether oxygens (including phenoxy) is 8. The third-order valence-electron chi connectivity index (χ3n) is 16.9. The molecule has 0 radical (unpaired) electrons. The van der Waals surface area contributed by atoms with Gasteiger partial charge in [0.05, 0.1) is 154 Å². The number of nitrogens with zero attached hydrogens (tertiary/aromatic N) is 12. The number of para-hydroxylation sites is 4. The van der Waals surface area contributed by atoms with Gasteiger partial charge in [-0.05, 0) is 49.4 Å². The Morgan fingerprint density at radius 3 is 0.873 bits per heavy atom. The summed E-state index contributed by atoms with van der Waals surface area (Å²) in [6, 6.07) is 31.0. The first-order valence-electron chi connectivity index (χ1n) is 34.7. The number of hydrogen-bond donors (Lipinski definition) is 4. The molecule has 0 aliphatic rings. The average molecular weight is 1390 g/mol. The minimum absolute atomic E-state index is 0.000110. The molecule has 0 saturated heterocycles. The molecule has 4 aromatic carbocycles. The van der Waals surface area contributed by atoms with E-state index in [2.05, 4.69) is 94.1 Å². The minimum atomic E-state index is -1.04. The molecule has 28 nitrogen and oxygen atoms in total. The quantitative estimate of drug-likeness (QED) is 0.0259. The number of nitrogens with one attached hydrogen (secondary N) is 4. The van der Waals surface area contributed by atoms with E-state index < -0.39 is 29.0 Å². The van der Waals surface area contributed by atoms with Crippen LogP contribution < -0.4 is 21.3 Å². The SMILES string of the molecule is CCCn1cnc2c(NC(=O)COCCOCC(COCCOCC(=O)Nc3nc4ccccc4c4c3ncn4CCC)(COCCOCC(=O)Nc3nc4ccccc4c4c3ncn4CCC)COCCOCC(=O)Nc3nc4ccccc4c4c3ncn4CC(C)C)nc3ccccc3c21. The highest BCUT2D eigenvalue weighted by atomic mass is 16.6. The number of aryl methyl sites for hydroxylation is 3. The maximum absolute atomic E-state index is 13.5. The van der Waals surface area contributed by atoms with Crippen molar-refractivity contribution in [1.82, 2.24) is 58.1 Å². The number of hydrogen-bond acceptors (Lipinski definition) is 20. The van der Waals surface area contributed by atoms with Crippen LogP contribution in [0.3, 0.4) is 0 Å². The Kier molecular flexibility index (Phi) is 24.3. The topological polar surface area (TPSA) is 313 Å². The average Bonchev–Trinajstić information content (AvgIpc) is 1.63. The zero-order chi connectivity index (χ0) is 70.8. The zero-order valence-electron chi connectivity index (χ0n) is 58.2. The molecule has 4 amide bonds. The number of aromatic nitrogens is 12. The van der Waals surface area contributed by atoms with Crippen LogP contribution in [-0.4, -0.2) is 187 Å². The second-order valence-electron chi connectivity index (χ2n) is 25.4. The Morgan fingerprint density at radius 1 is 0.363 bits per heavy atom. The van der Waals surface area contributed by atoms with Crippen molar-refractivity contribution in [3.8, 4) is 0 Å².